The van der Waals surface area contributed by atoms with E-state index in [0.717, 1.165) is 5.39 Å². The van der Waals surface area contributed by atoms with Crippen LogP contribution in [0.2, 0.25) is 5.02 Å². The standard InChI is InChI=1S/C21H15ClN2O4/c1-27-19-10-17-14(9-15(19)21(23)26)18(6-7-24-17)28-12-3-4-13-11(8-12)2-5-16(22)20(13)25/h2-10,25H,1H3,(H2,23,26). The third-order valence-corrected chi connectivity index (χ3v) is 4.73. The first-order chi connectivity index (χ1) is 13.5. The monoisotopic (exact) mass is 394 g/mol. The molecule has 0 saturated carbocycles. The number of carbonyl (C=O) groups is 1. The molecule has 3 N–H and O–H groups in total. The van der Waals surface area contributed by atoms with Crippen molar-refractivity contribution in [1.82, 2.24) is 4.98 Å². The van der Waals surface area contributed by atoms with Gasteiger partial charge in [-0.2, -0.15) is 0 Å². The maximum Gasteiger partial charge on any atom is 0.252 e. The number of benzene rings is 3. The number of phenolic OH excluding ortho intramolecular Hbond substituents is 1. The number of fused-ring (bicyclic) bond motifs is 2. The minimum absolute atomic E-state index is 0.0262. The maximum absolute atomic E-state index is 11.7. The number of rotatable bonds is 4. The highest BCUT2D eigenvalue weighted by Crippen LogP contribution is 2.37. The number of aromatic hydroxyl groups is 1. The number of phenols is 1. The van der Waals surface area contributed by atoms with Crippen molar-refractivity contribution in [1.29, 1.82) is 0 Å². The molecule has 0 aliphatic heterocycles. The molecule has 0 saturated heterocycles. The average Bonchev–Trinajstić information content (AvgIpc) is 2.70. The molecule has 7 heteroatoms. The van der Waals surface area contributed by atoms with Gasteiger partial charge in [0, 0.05) is 23.0 Å². The lowest BCUT2D eigenvalue weighted by Gasteiger charge is -2.12. The highest BCUT2D eigenvalue weighted by atomic mass is 35.5. The SMILES string of the molecule is COc1cc2nccc(Oc3ccc4c(O)c(Cl)ccc4c3)c2cc1C(N)=O. The van der Waals surface area contributed by atoms with E-state index in [4.69, 9.17) is 26.8 Å². The van der Waals surface area contributed by atoms with Crippen LogP contribution in [0.3, 0.4) is 0 Å². The first-order valence-electron chi connectivity index (χ1n) is 8.33. The summed E-state index contributed by atoms with van der Waals surface area (Å²) in [6, 6.07) is 13.6. The van der Waals surface area contributed by atoms with Gasteiger partial charge in [-0.15, -0.1) is 0 Å². The van der Waals surface area contributed by atoms with Crippen molar-refractivity contribution in [2.24, 2.45) is 5.73 Å². The van der Waals surface area contributed by atoms with Crippen LogP contribution in [-0.4, -0.2) is 23.1 Å². The largest absolute Gasteiger partial charge is 0.506 e. The van der Waals surface area contributed by atoms with Crippen LogP contribution >= 0.6 is 11.6 Å². The van der Waals surface area contributed by atoms with Crippen LogP contribution in [0.25, 0.3) is 21.7 Å². The van der Waals surface area contributed by atoms with E-state index in [2.05, 4.69) is 4.98 Å². The Morgan fingerprint density at radius 2 is 1.89 bits per heavy atom. The summed E-state index contributed by atoms with van der Waals surface area (Å²) in [6.07, 6.45) is 1.60. The molecule has 0 atom stereocenters. The molecular weight excluding hydrogens is 380 g/mol. The molecule has 140 valence electrons. The highest BCUT2D eigenvalue weighted by molar-refractivity contribution is 6.33. The fourth-order valence-corrected chi connectivity index (χ4v) is 3.22. The number of aromatic nitrogens is 1. The van der Waals surface area contributed by atoms with E-state index in [1.54, 1.807) is 54.7 Å². The molecule has 4 rings (SSSR count). The lowest BCUT2D eigenvalue weighted by molar-refractivity contribution is 0.0997. The van der Waals surface area contributed by atoms with Gasteiger partial charge < -0.3 is 20.3 Å². The number of amides is 1. The third-order valence-electron chi connectivity index (χ3n) is 4.43. The Bertz CT molecular complexity index is 1240. The number of hydrogen-bond donors (Lipinski definition) is 2. The summed E-state index contributed by atoms with van der Waals surface area (Å²) in [7, 11) is 1.46. The quantitative estimate of drug-likeness (QED) is 0.525. The molecule has 0 spiro atoms. The Kier molecular flexibility index (Phi) is 4.41. The van der Waals surface area contributed by atoms with E-state index >= 15 is 0 Å². The zero-order valence-corrected chi connectivity index (χ0v) is 15.5. The highest BCUT2D eigenvalue weighted by Gasteiger charge is 2.14. The number of carbonyl (C=O) groups excluding carboxylic acids is 1. The molecule has 6 nitrogen and oxygen atoms in total. The Hall–Kier alpha value is -3.51. The van der Waals surface area contributed by atoms with Gasteiger partial charge in [0.25, 0.3) is 5.91 Å². The van der Waals surface area contributed by atoms with E-state index < -0.39 is 5.91 Å². The number of hydrogen-bond acceptors (Lipinski definition) is 5. The molecule has 0 unspecified atom stereocenters. The van der Waals surface area contributed by atoms with Crippen LogP contribution in [0.1, 0.15) is 10.4 Å². The van der Waals surface area contributed by atoms with Gasteiger partial charge in [0.05, 0.1) is 23.2 Å². The Morgan fingerprint density at radius 3 is 2.64 bits per heavy atom. The summed E-state index contributed by atoms with van der Waals surface area (Å²) in [5, 5.41) is 12.4. The van der Waals surface area contributed by atoms with Crippen LogP contribution in [0.5, 0.6) is 23.0 Å². The van der Waals surface area contributed by atoms with E-state index in [9.17, 15) is 9.90 Å². The molecule has 4 aromatic rings. The van der Waals surface area contributed by atoms with Gasteiger partial charge in [0.2, 0.25) is 0 Å². The van der Waals surface area contributed by atoms with Gasteiger partial charge >= 0.3 is 0 Å². The minimum atomic E-state index is -0.605. The molecule has 1 aromatic heterocycles. The second kappa shape index (κ2) is 6.90. The van der Waals surface area contributed by atoms with Crippen molar-refractivity contribution in [3.63, 3.8) is 0 Å². The van der Waals surface area contributed by atoms with Gasteiger partial charge in [0.1, 0.15) is 23.0 Å². The van der Waals surface area contributed by atoms with Gasteiger partial charge in [-0.05, 0) is 41.8 Å². The van der Waals surface area contributed by atoms with E-state index in [-0.39, 0.29) is 16.3 Å². The van der Waals surface area contributed by atoms with Crippen molar-refractivity contribution in [3.8, 4) is 23.0 Å². The Balaban J connectivity index is 1.81. The average molecular weight is 395 g/mol. The van der Waals surface area contributed by atoms with Crippen molar-refractivity contribution in [3.05, 3.63) is 65.3 Å². The predicted octanol–water partition coefficient (Wildman–Crippen LogP) is 4.65. The first kappa shape index (κ1) is 17.9. The number of nitrogens with two attached hydrogens (primary N) is 1. The normalized spacial score (nSPS) is 10.9. The van der Waals surface area contributed by atoms with Crippen molar-refractivity contribution in [2.45, 2.75) is 0 Å². The Labute approximate surface area is 165 Å². The van der Waals surface area contributed by atoms with Crippen LogP contribution in [0.4, 0.5) is 0 Å². The van der Waals surface area contributed by atoms with E-state index in [0.29, 0.717) is 33.5 Å². The van der Waals surface area contributed by atoms with Crippen LogP contribution in [0.15, 0.2) is 54.7 Å². The zero-order chi connectivity index (χ0) is 19.8. The summed E-state index contributed by atoms with van der Waals surface area (Å²) in [4.78, 5) is 16.1. The molecule has 1 amide bonds. The van der Waals surface area contributed by atoms with Gasteiger partial charge in [-0.25, -0.2) is 0 Å². The number of halogens is 1. The molecule has 0 bridgehead atoms. The van der Waals surface area contributed by atoms with Gasteiger partial charge in [-0.1, -0.05) is 17.7 Å². The number of nitrogens with zero attached hydrogens (tertiary/aromatic N) is 1. The lowest BCUT2D eigenvalue weighted by Crippen LogP contribution is -2.12. The fourth-order valence-electron chi connectivity index (χ4n) is 3.05. The molecule has 1 heterocycles. The molecule has 0 radical (unpaired) electrons. The second-order valence-corrected chi connectivity index (χ2v) is 6.53. The van der Waals surface area contributed by atoms with Gasteiger partial charge in [-0.3, -0.25) is 9.78 Å². The number of methoxy groups -OCH3 is 1. The van der Waals surface area contributed by atoms with E-state index in [1.807, 2.05) is 0 Å². The van der Waals surface area contributed by atoms with E-state index in [1.165, 1.54) is 7.11 Å². The number of ether oxygens (including phenoxy) is 2. The minimum Gasteiger partial charge on any atom is -0.506 e. The Morgan fingerprint density at radius 1 is 1.07 bits per heavy atom. The van der Waals surface area contributed by atoms with Crippen LogP contribution in [-0.2, 0) is 0 Å². The predicted molar refractivity (Wildman–Crippen MR) is 108 cm³/mol. The van der Waals surface area contributed by atoms with Crippen molar-refractivity contribution >= 4 is 39.2 Å². The summed E-state index contributed by atoms with van der Waals surface area (Å²) < 4.78 is 11.3. The first-order valence-corrected chi connectivity index (χ1v) is 8.71. The lowest BCUT2D eigenvalue weighted by atomic mass is 10.1. The van der Waals surface area contributed by atoms with Crippen LogP contribution < -0.4 is 15.2 Å². The van der Waals surface area contributed by atoms with Gasteiger partial charge in [0.15, 0.2) is 0 Å². The molecule has 0 aliphatic carbocycles. The number of pyridine rings is 1. The molecular formula is C21H15ClN2O4. The number of primary amides is 1. The summed E-state index contributed by atoms with van der Waals surface area (Å²) in [5.74, 6) is 0.832. The zero-order valence-electron chi connectivity index (χ0n) is 14.8. The van der Waals surface area contributed by atoms with Crippen molar-refractivity contribution in [2.75, 3.05) is 7.11 Å². The molecule has 0 fully saturated rings. The molecule has 28 heavy (non-hydrogen) atoms. The topological polar surface area (TPSA) is 94.7 Å². The third kappa shape index (κ3) is 3.04. The summed E-state index contributed by atoms with van der Waals surface area (Å²) in [5.41, 5.74) is 6.30. The molecule has 3 aromatic carbocycles. The van der Waals surface area contributed by atoms with Crippen molar-refractivity contribution < 1.29 is 19.4 Å². The summed E-state index contributed by atoms with van der Waals surface area (Å²) in [6.45, 7) is 0. The molecule has 0 aliphatic rings. The van der Waals surface area contributed by atoms with Crippen LogP contribution in [0, 0.1) is 0 Å². The fraction of sp³-hybridized carbons (Fsp3) is 0.0476. The smallest absolute Gasteiger partial charge is 0.252 e. The summed E-state index contributed by atoms with van der Waals surface area (Å²) >= 11 is 5.95. The second-order valence-electron chi connectivity index (χ2n) is 6.12. The maximum atomic E-state index is 11.7.